The molecule has 16 fully saturated rings. The van der Waals surface area contributed by atoms with E-state index in [0.717, 1.165) is 57.2 Å². The lowest BCUT2D eigenvalue weighted by atomic mass is 9.22. The van der Waals surface area contributed by atoms with Gasteiger partial charge in [0, 0.05) is 0 Å². The molecular weight excluding hydrogens is 673 g/mol. The Morgan fingerprint density at radius 2 is 0.518 bits per heavy atom. The zero-order valence-corrected chi connectivity index (χ0v) is 37.9. The third-order valence-electron chi connectivity index (χ3n) is 24.4. The van der Waals surface area contributed by atoms with Gasteiger partial charge in [-0.15, -0.1) is 0 Å². The van der Waals surface area contributed by atoms with E-state index >= 15 is 0 Å². The van der Waals surface area contributed by atoms with Gasteiger partial charge in [0.15, 0.2) is 0 Å². The first-order valence-electron chi connectivity index (χ1n) is 26.9. The van der Waals surface area contributed by atoms with Crippen molar-refractivity contribution in [2.45, 2.75) is 259 Å². The molecule has 314 valence electrons. The second kappa shape index (κ2) is 12.3. The minimum atomic E-state index is 0.685. The molecule has 0 N–H and O–H groups in total. The lowest BCUT2D eigenvalue weighted by molar-refractivity contribution is -0.328. The van der Waals surface area contributed by atoms with Crippen molar-refractivity contribution in [2.75, 3.05) is 0 Å². The molecule has 0 aromatic heterocycles. The van der Waals surface area contributed by atoms with E-state index in [4.69, 9.17) is 0 Å². The SMILES string of the molecule is CCCCC12CC3CC(C1)CC(C14CC5CC(CCCC)(C1)CC(C16CC7CC(CCCC)(CC(C89CC%10CC(CC(CCCC)(C%10)C8)C9)(C7)C1)C6)(C5)C4)(C3)C2. The van der Waals surface area contributed by atoms with Gasteiger partial charge in [0.2, 0.25) is 0 Å². The maximum absolute atomic E-state index is 2.54. The Balaban J connectivity index is 0.982. The van der Waals surface area contributed by atoms with Gasteiger partial charge < -0.3 is 0 Å². The summed E-state index contributed by atoms with van der Waals surface area (Å²) in [5.41, 5.74) is 7.11. The average Bonchev–Trinajstić information content (AvgIpc) is 3.13. The molecule has 0 spiro atoms. The Kier molecular flexibility index (Phi) is 8.32. The van der Waals surface area contributed by atoms with Crippen LogP contribution >= 0.6 is 0 Å². The molecule has 0 heterocycles. The Morgan fingerprint density at radius 1 is 0.268 bits per heavy atom. The summed E-state index contributed by atoms with van der Waals surface area (Å²) in [6, 6.07) is 0. The Labute approximate surface area is 347 Å². The zero-order valence-electron chi connectivity index (χ0n) is 37.9. The van der Waals surface area contributed by atoms with Crippen LogP contribution in [0.5, 0.6) is 0 Å². The average molecular weight is 763 g/mol. The van der Waals surface area contributed by atoms with E-state index in [-0.39, 0.29) is 0 Å². The minimum Gasteiger partial charge on any atom is -0.0654 e. The van der Waals surface area contributed by atoms with Gasteiger partial charge in [-0.3, -0.25) is 0 Å². The fourth-order valence-electron chi connectivity index (χ4n) is 25.1. The Morgan fingerprint density at radius 3 is 0.839 bits per heavy atom. The standard InChI is InChI=1S/C56H90/c1-5-9-13-47-19-41-17-42(20-47)26-51(25-41,33-47)53-29-45-23-49(35-53,15-11-7-3)37-55(31-45,39-53)56-32-46-24-50(38-56,16-12-8-4)36-54(30-46,40-56)52-27-43-18-44(28-52)22-48(21-43,34-52)14-10-6-2/h41-46H,5-40H2,1-4H3. The third kappa shape index (κ3) is 5.07. The fourth-order valence-corrected chi connectivity index (χ4v) is 25.1. The molecule has 0 radical (unpaired) electrons. The molecule has 0 nitrogen and oxygen atoms in total. The van der Waals surface area contributed by atoms with Crippen LogP contribution in [-0.2, 0) is 0 Å². The van der Waals surface area contributed by atoms with Gasteiger partial charge in [0.05, 0.1) is 0 Å². The van der Waals surface area contributed by atoms with Crippen LogP contribution in [-0.4, -0.2) is 0 Å². The highest BCUT2D eigenvalue weighted by molar-refractivity contribution is 5.29. The molecule has 0 heteroatoms. The predicted molar refractivity (Wildman–Crippen MR) is 234 cm³/mol. The predicted octanol–water partition coefficient (Wildman–Crippen LogP) is 16.8. The van der Waals surface area contributed by atoms with Crippen molar-refractivity contribution in [3.8, 4) is 0 Å². The Hall–Kier alpha value is 0. The van der Waals surface area contributed by atoms with E-state index < -0.39 is 0 Å². The summed E-state index contributed by atoms with van der Waals surface area (Å²) in [5, 5.41) is 0. The van der Waals surface area contributed by atoms with E-state index in [2.05, 4.69) is 27.7 Å². The Bertz CT molecular complexity index is 1410. The number of rotatable bonds is 15. The third-order valence-corrected chi connectivity index (χ3v) is 24.4. The van der Waals surface area contributed by atoms with Crippen LogP contribution in [0.3, 0.4) is 0 Å². The molecule has 16 rings (SSSR count). The molecule has 0 aromatic rings. The summed E-state index contributed by atoms with van der Waals surface area (Å²) in [7, 11) is 0. The van der Waals surface area contributed by atoms with Gasteiger partial charge in [0.25, 0.3) is 0 Å². The zero-order chi connectivity index (χ0) is 37.9. The van der Waals surface area contributed by atoms with Gasteiger partial charge >= 0.3 is 0 Å². The monoisotopic (exact) mass is 763 g/mol. The van der Waals surface area contributed by atoms with E-state index in [9.17, 15) is 0 Å². The smallest absolute Gasteiger partial charge is 0.0227 e. The van der Waals surface area contributed by atoms with Gasteiger partial charge in [-0.05, 0) is 269 Å². The molecule has 16 aliphatic carbocycles. The number of unbranched alkanes of at least 4 members (excludes halogenated alkanes) is 4. The molecule has 12 atom stereocenters. The molecule has 16 bridgehead atoms. The van der Waals surface area contributed by atoms with Crippen molar-refractivity contribution in [2.24, 2.45) is 89.7 Å². The lowest BCUT2D eigenvalue weighted by Crippen LogP contribution is -2.73. The van der Waals surface area contributed by atoms with Crippen molar-refractivity contribution in [1.82, 2.24) is 0 Å². The summed E-state index contributed by atoms with van der Waals surface area (Å²) in [6.07, 6.45) is 58.8. The molecule has 0 saturated heterocycles. The first-order chi connectivity index (χ1) is 26.9. The highest BCUT2D eigenvalue weighted by Gasteiger charge is 2.79. The lowest BCUT2D eigenvalue weighted by Gasteiger charge is -2.82. The van der Waals surface area contributed by atoms with Crippen LogP contribution in [0.1, 0.15) is 259 Å². The van der Waals surface area contributed by atoms with Gasteiger partial charge in [-0.1, -0.05) is 79.1 Å². The molecule has 0 amide bonds. The summed E-state index contributed by atoms with van der Waals surface area (Å²) >= 11 is 0. The van der Waals surface area contributed by atoms with Crippen molar-refractivity contribution in [1.29, 1.82) is 0 Å². The quantitative estimate of drug-likeness (QED) is 0.156. The van der Waals surface area contributed by atoms with Crippen molar-refractivity contribution < 1.29 is 0 Å². The van der Waals surface area contributed by atoms with E-state index in [1.165, 1.54) is 51.4 Å². The van der Waals surface area contributed by atoms with Crippen molar-refractivity contribution in [3.63, 3.8) is 0 Å². The van der Waals surface area contributed by atoms with Crippen LogP contribution in [0.2, 0.25) is 0 Å². The summed E-state index contributed by atoms with van der Waals surface area (Å²) in [5.74, 6) is 6.55. The van der Waals surface area contributed by atoms with Gasteiger partial charge in [-0.25, -0.2) is 0 Å². The summed E-state index contributed by atoms with van der Waals surface area (Å²) < 4.78 is 0. The van der Waals surface area contributed by atoms with Crippen molar-refractivity contribution in [3.05, 3.63) is 0 Å². The molecule has 0 aromatic carbocycles. The summed E-state index contributed by atoms with van der Waals surface area (Å²) in [4.78, 5) is 0. The van der Waals surface area contributed by atoms with Crippen LogP contribution in [0, 0.1) is 89.7 Å². The topological polar surface area (TPSA) is 0 Å². The van der Waals surface area contributed by atoms with E-state index in [1.807, 2.05) is 0 Å². The number of hydrogen-bond donors (Lipinski definition) is 0. The van der Waals surface area contributed by atoms with E-state index in [1.54, 1.807) is 180 Å². The first-order valence-corrected chi connectivity index (χ1v) is 26.9. The summed E-state index contributed by atoms with van der Waals surface area (Å²) in [6.45, 7) is 10.1. The molecule has 12 unspecified atom stereocenters. The van der Waals surface area contributed by atoms with Crippen LogP contribution in [0.25, 0.3) is 0 Å². The molecule has 16 saturated carbocycles. The second-order valence-electron chi connectivity index (χ2n) is 28.0. The fraction of sp³-hybridized carbons (Fsp3) is 1.00. The van der Waals surface area contributed by atoms with Crippen molar-refractivity contribution >= 4 is 0 Å². The highest BCUT2D eigenvalue weighted by Crippen LogP contribution is 2.89. The first kappa shape index (κ1) is 37.7. The van der Waals surface area contributed by atoms with Gasteiger partial charge in [0.1, 0.15) is 0 Å². The number of hydrogen-bond acceptors (Lipinski definition) is 0. The normalized spacial score (nSPS) is 58.9. The van der Waals surface area contributed by atoms with Crippen LogP contribution in [0.15, 0.2) is 0 Å². The minimum absolute atomic E-state index is 0.685. The molecule has 0 aliphatic heterocycles. The van der Waals surface area contributed by atoms with Crippen LogP contribution in [0.4, 0.5) is 0 Å². The van der Waals surface area contributed by atoms with E-state index in [0.29, 0.717) is 32.5 Å². The molecular formula is C56H90. The maximum Gasteiger partial charge on any atom is -0.0227 e. The maximum atomic E-state index is 2.54. The molecule has 56 heavy (non-hydrogen) atoms. The van der Waals surface area contributed by atoms with Gasteiger partial charge in [-0.2, -0.15) is 0 Å². The van der Waals surface area contributed by atoms with Crippen LogP contribution < -0.4 is 0 Å². The highest BCUT2D eigenvalue weighted by atomic mass is 14.8. The molecule has 16 aliphatic rings. The largest absolute Gasteiger partial charge is 0.0654 e. The second-order valence-corrected chi connectivity index (χ2v) is 28.0.